The van der Waals surface area contributed by atoms with Crippen LogP contribution in [0.15, 0.2) is 0 Å². The second-order valence-corrected chi connectivity index (χ2v) is 8.40. The Morgan fingerprint density at radius 1 is 1.26 bits per heavy atom. The number of likely N-dealkylation sites (tertiary alicyclic amines) is 1. The minimum Gasteiger partial charge on any atom is -0.444 e. The fourth-order valence-corrected chi connectivity index (χ4v) is 3.23. The lowest BCUT2D eigenvalue weighted by Crippen LogP contribution is -2.48. The standard InChI is InChI=1S/C18H34N2O3/c1-17(2,3)23-16(21)20-10-8-18(4,9-11-20)14-19-15-6-5-12-22-13-7-15/h15,19H,5-14H2,1-4H3. The van der Waals surface area contributed by atoms with Gasteiger partial charge in [-0.3, -0.25) is 0 Å². The summed E-state index contributed by atoms with van der Waals surface area (Å²) in [5.74, 6) is 0. The van der Waals surface area contributed by atoms with Crippen molar-refractivity contribution in [1.82, 2.24) is 10.2 Å². The van der Waals surface area contributed by atoms with Crippen molar-refractivity contribution in [3.63, 3.8) is 0 Å². The quantitative estimate of drug-likeness (QED) is 0.865. The highest BCUT2D eigenvalue weighted by atomic mass is 16.6. The molecule has 0 saturated carbocycles. The Balaban J connectivity index is 1.74. The van der Waals surface area contributed by atoms with Crippen LogP contribution in [-0.4, -0.2) is 55.5 Å². The van der Waals surface area contributed by atoms with Crippen LogP contribution in [0.1, 0.15) is 59.8 Å². The summed E-state index contributed by atoms with van der Waals surface area (Å²) in [6.07, 6.45) is 5.36. The van der Waals surface area contributed by atoms with Crippen molar-refractivity contribution in [2.75, 3.05) is 32.8 Å². The van der Waals surface area contributed by atoms with E-state index >= 15 is 0 Å². The molecule has 2 heterocycles. The van der Waals surface area contributed by atoms with Crippen LogP contribution in [0.4, 0.5) is 4.79 Å². The molecule has 1 N–H and O–H groups in total. The maximum Gasteiger partial charge on any atom is 0.410 e. The zero-order chi connectivity index (χ0) is 16.9. The average Bonchev–Trinajstić information content (AvgIpc) is 2.73. The Morgan fingerprint density at radius 2 is 1.96 bits per heavy atom. The first-order valence-corrected chi connectivity index (χ1v) is 9.07. The number of carbonyl (C=O) groups excluding carboxylic acids is 1. The smallest absolute Gasteiger partial charge is 0.410 e. The average molecular weight is 326 g/mol. The van der Waals surface area contributed by atoms with Gasteiger partial charge in [0.2, 0.25) is 0 Å². The van der Waals surface area contributed by atoms with E-state index in [4.69, 9.17) is 9.47 Å². The molecule has 2 aliphatic rings. The molecule has 2 rings (SSSR count). The molecule has 1 amide bonds. The van der Waals surface area contributed by atoms with E-state index in [9.17, 15) is 4.79 Å². The maximum absolute atomic E-state index is 12.1. The summed E-state index contributed by atoms with van der Waals surface area (Å²) >= 11 is 0. The Hall–Kier alpha value is -0.810. The van der Waals surface area contributed by atoms with Crippen molar-refractivity contribution in [2.24, 2.45) is 5.41 Å². The summed E-state index contributed by atoms with van der Waals surface area (Å²) in [7, 11) is 0. The molecular weight excluding hydrogens is 292 g/mol. The molecule has 0 bridgehead atoms. The summed E-state index contributed by atoms with van der Waals surface area (Å²) in [6, 6.07) is 0.582. The highest BCUT2D eigenvalue weighted by Crippen LogP contribution is 2.31. The minimum atomic E-state index is -0.416. The Morgan fingerprint density at radius 3 is 2.61 bits per heavy atom. The van der Waals surface area contributed by atoms with Gasteiger partial charge in [0.05, 0.1) is 0 Å². The lowest BCUT2D eigenvalue weighted by atomic mass is 9.80. The van der Waals surface area contributed by atoms with Crippen molar-refractivity contribution in [2.45, 2.75) is 71.4 Å². The van der Waals surface area contributed by atoms with Crippen LogP contribution in [0.2, 0.25) is 0 Å². The van der Waals surface area contributed by atoms with Gasteiger partial charge in [0, 0.05) is 38.9 Å². The number of rotatable bonds is 3. The topological polar surface area (TPSA) is 50.8 Å². The molecule has 0 aromatic carbocycles. The second kappa shape index (κ2) is 7.84. The van der Waals surface area contributed by atoms with Gasteiger partial charge in [-0.2, -0.15) is 0 Å². The van der Waals surface area contributed by atoms with E-state index in [-0.39, 0.29) is 11.5 Å². The lowest BCUT2D eigenvalue weighted by molar-refractivity contribution is 0.0116. The number of nitrogens with zero attached hydrogens (tertiary/aromatic N) is 1. The van der Waals surface area contributed by atoms with Crippen molar-refractivity contribution in [3.8, 4) is 0 Å². The normalized spacial score (nSPS) is 25.7. The minimum absolute atomic E-state index is 0.173. The number of ether oxygens (including phenoxy) is 2. The summed E-state index contributed by atoms with van der Waals surface area (Å²) in [5, 5.41) is 3.74. The van der Waals surface area contributed by atoms with Crippen LogP contribution in [-0.2, 0) is 9.47 Å². The maximum atomic E-state index is 12.1. The van der Waals surface area contributed by atoms with Gasteiger partial charge in [-0.05, 0) is 58.3 Å². The number of amides is 1. The van der Waals surface area contributed by atoms with E-state index in [1.54, 1.807) is 0 Å². The third kappa shape index (κ3) is 6.30. The zero-order valence-corrected chi connectivity index (χ0v) is 15.3. The van der Waals surface area contributed by atoms with Crippen molar-refractivity contribution < 1.29 is 14.3 Å². The summed E-state index contributed by atoms with van der Waals surface area (Å²) in [4.78, 5) is 14.0. The highest BCUT2D eigenvalue weighted by molar-refractivity contribution is 5.68. The summed E-state index contributed by atoms with van der Waals surface area (Å²) in [6.45, 7) is 12.5. The van der Waals surface area contributed by atoms with Gasteiger partial charge in [-0.25, -0.2) is 4.79 Å². The van der Waals surface area contributed by atoms with Crippen molar-refractivity contribution in [1.29, 1.82) is 0 Å². The number of hydrogen-bond acceptors (Lipinski definition) is 4. The molecule has 0 aliphatic carbocycles. The Bertz CT molecular complexity index is 376. The first kappa shape index (κ1) is 18.5. The third-order valence-electron chi connectivity index (χ3n) is 4.89. The van der Waals surface area contributed by atoms with Gasteiger partial charge in [0.1, 0.15) is 5.60 Å². The molecular formula is C18H34N2O3. The molecule has 2 saturated heterocycles. The number of hydrogen-bond donors (Lipinski definition) is 1. The van der Waals surface area contributed by atoms with Gasteiger partial charge >= 0.3 is 6.09 Å². The third-order valence-corrected chi connectivity index (χ3v) is 4.89. The van der Waals surface area contributed by atoms with Gasteiger partial charge in [-0.15, -0.1) is 0 Å². The predicted octanol–water partition coefficient (Wildman–Crippen LogP) is 3.18. The predicted molar refractivity (Wildman–Crippen MR) is 91.6 cm³/mol. The molecule has 23 heavy (non-hydrogen) atoms. The molecule has 2 aliphatic heterocycles. The van der Waals surface area contributed by atoms with E-state index in [1.807, 2.05) is 25.7 Å². The van der Waals surface area contributed by atoms with Gasteiger partial charge in [-0.1, -0.05) is 6.92 Å². The zero-order valence-electron chi connectivity index (χ0n) is 15.3. The van der Waals surface area contributed by atoms with Crippen LogP contribution in [0.3, 0.4) is 0 Å². The van der Waals surface area contributed by atoms with E-state index in [1.165, 1.54) is 6.42 Å². The van der Waals surface area contributed by atoms with Crippen molar-refractivity contribution >= 4 is 6.09 Å². The fourth-order valence-electron chi connectivity index (χ4n) is 3.23. The van der Waals surface area contributed by atoms with Crippen molar-refractivity contribution in [3.05, 3.63) is 0 Å². The van der Waals surface area contributed by atoms with Gasteiger partial charge < -0.3 is 19.7 Å². The first-order valence-electron chi connectivity index (χ1n) is 9.07. The highest BCUT2D eigenvalue weighted by Gasteiger charge is 2.33. The molecule has 1 unspecified atom stereocenters. The summed E-state index contributed by atoms with van der Waals surface area (Å²) < 4.78 is 11.0. The molecule has 0 spiro atoms. The molecule has 0 radical (unpaired) electrons. The molecule has 5 heteroatoms. The molecule has 0 aromatic heterocycles. The van der Waals surface area contributed by atoms with Crippen LogP contribution in [0, 0.1) is 5.41 Å². The molecule has 1 atom stereocenters. The van der Waals surface area contributed by atoms with Gasteiger partial charge in [0.25, 0.3) is 0 Å². The van der Waals surface area contributed by atoms with Crippen LogP contribution >= 0.6 is 0 Å². The van der Waals surface area contributed by atoms with E-state index in [0.29, 0.717) is 6.04 Å². The number of piperidine rings is 1. The van der Waals surface area contributed by atoms with E-state index in [0.717, 1.165) is 58.5 Å². The second-order valence-electron chi connectivity index (χ2n) is 8.40. The van der Waals surface area contributed by atoms with Crippen LogP contribution in [0.5, 0.6) is 0 Å². The van der Waals surface area contributed by atoms with Crippen LogP contribution in [0.25, 0.3) is 0 Å². The number of nitrogens with one attached hydrogen (secondary N) is 1. The number of carbonyl (C=O) groups is 1. The Labute approximate surface area is 141 Å². The first-order chi connectivity index (χ1) is 10.8. The fraction of sp³-hybridized carbons (Fsp3) is 0.944. The molecule has 2 fully saturated rings. The van der Waals surface area contributed by atoms with Gasteiger partial charge in [0.15, 0.2) is 0 Å². The largest absolute Gasteiger partial charge is 0.444 e. The Kier molecular flexibility index (Phi) is 6.32. The monoisotopic (exact) mass is 326 g/mol. The summed E-state index contributed by atoms with van der Waals surface area (Å²) in [5.41, 5.74) is -0.146. The molecule has 5 nitrogen and oxygen atoms in total. The molecule has 0 aromatic rings. The van der Waals surface area contributed by atoms with E-state index in [2.05, 4.69) is 12.2 Å². The lowest BCUT2D eigenvalue weighted by Gasteiger charge is -2.40. The SMILES string of the molecule is CC1(CNC2CCCOCC2)CCN(C(=O)OC(C)(C)C)CC1. The molecule has 134 valence electrons. The van der Waals surface area contributed by atoms with Crippen LogP contribution < -0.4 is 5.32 Å². The van der Waals surface area contributed by atoms with E-state index < -0.39 is 5.60 Å².